The molecule has 1 amide bonds. The number of sulfonamides is 1. The zero-order valence-electron chi connectivity index (χ0n) is 11.7. The summed E-state index contributed by atoms with van der Waals surface area (Å²) in [5.74, 6) is 0. The molecule has 0 heterocycles. The predicted molar refractivity (Wildman–Crippen MR) is 78.4 cm³/mol. The lowest BCUT2D eigenvalue weighted by Gasteiger charge is -2.24. The Kier molecular flexibility index (Phi) is 5.82. The molecular formula is C13H20N2O4S. The highest BCUT2D eigenvalue weighted by molar-refractivity contribution is 7.92. The first-order chi connectivity index (χ1) is 9.36. The molecule has 20 heavy (non-hydrogen) atoms. The SMILES string of the molecule is CCCCN(c1ccccc1CNC(=O)O)S(C)(=O)=O. The minimum atomic E-state index is -3.39. The van der Waals surface area contributed by atoms with E-state index < -0.39 is 16.1 Å². The number of anilines is 1. The minimum absolute atomic E-state index is 0.0731. The molecule has 0 saturated heterocycles. The van der Waals surface area contributed by atoms with Crippen molar-refractivity contribution < 1.29 is 18.3 Å². The molecule has 6 nitrogen and oxygen atoms in total. The van der Waals surface area contributed by atoms with Crippen molar-refractivity contribution in [2.45, 2.75) is 26.3 Å². The Morgan fingerprint density at radius 2 is 2.00 bits per heavy atom. The van der Waals surface area contributed by atoms with Crippen LogP contribution in [0.4, 0.5) is 10.5 Å². The van der Waals surface area contributed by atoms with Gasteiger partial charge < -0.3 is 10.4 Å². The number of nitrogens with one attached hydrogen (secondary N) is 1. The highest BCUT2D eigenvalue weighted by Gasteiger charge is 2.19. The molecule has 7 heteroatoms. The molecule has 0 saturated carbocycles. The van der Waals surface area contributed by atoms with Crippen LogP contribution in [-0.4, -0.2) is 32.4 Å². The van der Waals surface area contributed by atoms with Crippen molar-refractivity contribution in [3.8, 4) is 0 Å². The number of hydrogen-bond acceptors (Lipinski definition) is 3. The number of unbranched alkanes of at least 4 members (excludes halogenated alkanes) is 1. The second-order valence-electron chi connectivity index (χ2n) is 4.48. The van der Waals surface area contributed by atoms with E-state index in [9.17, 15) is 13.2 Å². The quantitative estimate of drug-likeness (QED) is 0.806. The summed E-state index contributed by atoms with van der Waals surface area (Å²) in [6, 6.07) is 6.90. The number of rotatable bonds is 7. The molecule has 1 aromatic rings. The van der Waals surface area contributed by atoms with Gasteiger partial charge in [-0.3, -0.25) is 4.31 Å². The average Bonchev–Trinajstić information content (AvgIpc) is 2.36. The van der Waals surface area contributed by atoms with Gasteiger partial charge in [-0.2, -0.15) is 0 Å². The Bertz CT molecular complexity index is 557. The Morgan fingerprint density at radius 1 is 1.35 bits per heavy atom. The molecule has 0 unspecified atom stereocenters. The van der Waals surface area contributed by atoms with Crippen molar-refractivity contribution in [1.82, 2.24) is 5.32 Å². The Balaban J connectivity index is 3.09. The Labute approximate surface area is 119 Å². The molecule has 112 valence electrons. The normalized spacial score (nSPS) is 11.1. The summed E-state index contributed by atoms with van der Waals surface area (Å²) in [5.41, 5.74) is 1.16. The van der Waals surface area contributed by atoms with Gasteiger partial charge in [-0.15, -0.1) is 0 Å². The maximum atomic E-state index is 11.9. The third-order valence-electron chi connectivity index (χ3n) is 2.81. The van der Waals surface area contributed by atoms with Crippen LogP contribution in [-0.2, 0) is 16.6 Å². The predicted octanol–water partition coefficient (Wildman–Crippen LogP) is 2.02. The fourth-order valence-corrected chi connectivity index (χ4v) is 2.84. The Hall–Kier alpha value is -1.76. The zero-order valence-corrected chi connectivity index (χ0v) is 12.5. The number of carboxylic acid groups (broad SMARTS) is 1. The summed E-state index contributed by atoms with van der Waals surface area (Å²) < 4.78 is 25.2. The molecule has 0 spiro atoms. The van der Waals surface area contributed by atoms with E-state index in [2.05, 4.69) is 5.32 Å². The third-order valence-corrected chi connectivity index (χ3v) is 3.99. The first kappa shape index (κ1) is 16.3. The van der Waals surface area contributed by atoms with E-state index in [1.54, 1.807) is 24.3 Å². The summed E-state index contributed by atoms with van der Waals surface area (Å²) in [7, 11) is -3.39. The van der Waals surface area contributed by atoms with E-state index in [0.717, 1.165) is 19.1 Å². The second-order valence-corrected chi connectivity index (χ2v) is 6.38. The molecule has 1 rings (SSSR count). The third kappa shape index (κ3) is 4.73. The zero-order chi connectivity index (χ0) is 15.2. The average molecular weight is 300 g/mol. The van der Waals surface area contributed by atoms with Gasteiger partial charge in [0.05, 0.1) is 11.9 Å². The molecule has 0 aliphatic rings. The molecule has 0 aliphatic heterocycles. The number of hydrogen-bond donors (Lipinski definition) is 2. The Morgan fingerprint density at radius 3 is 2.55 bits per heavy atom. The van der Waals surface area contributed by atoms with Crippen LogP contribution in [0.3, 0.4) is 0 Å². The minimum Gasteiger partial charge on any atom is -0.465 e. The van der Waals surface area contributed by atoms with Crippen molar-refractivity contribution in [2.24, 2.45) is 0 Å². The van der Waals surface area contributed by atoms with Crippen LogP contribution in [0.5, 0.6) is 0 Å². The summed E-state index contributed by atoms with van der Waals surface area (Å²) in [4.78, 5) is 10.6. The van der Waals surface area contributed by atoms with Crippen molar-refractivity contribution in [1.29, 1.82) is 0 Å². The highest BCUT2D eigenvalue weighted by atomic mass is 32.2. The fourth-order valence-electron chi connectivity index (χ4n) is 1.84. The highest BCUT2D eigenvalue weighted by Crippen LogP contribution is 2.23. The number of carbonyl (C=O) groups is 1. The number of benzene rings is 1. The molecule has 1 aromatic carbocycles. The fraction of sp³-hybridized carbons (Fsp3) is 0.462. The van der Waals surface area contributed by atoms with E-state index >= 15 is 0 Å². The number of amides is 1. The second kappa shape index (κ2) is 7.14. The lowest BCUT2D eigenvalue weighted by molar-refractivity contribution is 0.194. The summed E-state index contributed by atoms with van der Waals surface area (Å²) in [6.45, 7) is 2.45. The van der Waals surface area contributed by atoms with Crippen LogP contribution >= 0.6 is 0 Å². The van der Waals surface area contributed by atoms with Crippen LogP contribution < -0.4 is 9.62 Å². The molecule has 0 aromatic heterocycles. The van der Waals surface area contributed by atoms with E-state index in [1.807, 2.05) is 6.92 Å². The summed E-state index contributed by atoms with van der Waals surface area (Å²) >= 11 is 0. The molecular weight excluding hydrogens is 280 g/mol. The van der Waals surface area contributed by atoms with Crippen LogP contribution in [0.1, 0.15) is 25.3 Å². The number of nitrogens with zero attached hydrogens (tertiary/aromatic N) is 1. The number of para-hydroxylation sites is 1. The van der Waals surface area contributed by atoms with Crippen molar-refractivity contribution >= 4 is 21.8 Å². The maximum absolute atomic E-state index is 11.9. The lowest BCUT2D eigenvalue weighted by atomic mass is 10.1. The van der Waals surface area contributed by atoms with Gasteiger partial charge in [0, 0.05) is 13.1 Å². The summed E-state index contributed by atoms with van der Waals surface area (Å²) in [6.07, 6.45) is 1.64. The topological polar surface area (TPSA) is 86.7 Å². The molecule has 0 aliphatic carbocycles. The smallest absolute Gasteiger partial charge is 0.404 e. The standard InChI is InChI=1S/C13H20N2O4S/c1-3-4-9-15(20(2,18)19)12-8-6-5-7-11(12)10-14-13(16)17/h5-8,14H,3-4,9-10H2,1-2H3,(H,16,17). The van der Waals surface area contributed by atoms with E-state index in [4.69, 9.17) is 5.11 Å². The molecule has 0 atom stereocenters. The molecule has 0 radical (unpaired) electrons. The van der Waals surface area contributed by atoms with E-state index in [-0.39, 0.29) is 6.54 Å². The van der Waals surface area contributed by atoms with Crippen LogP contribution in [0.2, 0.25) is 0 Å². The maximum Gasteiger partial charge on any atom is 0.404 e. The first-order valence-corrected chi connectivity index (χ1v) is 8.23. The van der Waals surface area contributed by atoms with Crippen molar-refractivity contribution in [3.05, 3.63) is 29.8 Å². The monoisotopic (exact) mass is 300 g/mol. The van der Waals surface area contributed by atoms with Gasteiger partial charge in [-0.25, -0.2) is 13.2 Å². The van der Waals surface area contributed by atoms with Gasteiger partial charge in [0.2, 0.25) is 10.0 Å². The molecule has 0 fully saturated rings. The van der Waals surface area contributed by atoms with Gasteiger partial charge in [-0.05, 0) is 18.1 Å². The molecule has 0 bridgehead atoms. The van der Waals surface area contributed by atoms with Crippen molar-refractivity contribution in [2.75, 3.05) is 17.1 Å². The van der Waals surface area contributed by atoms with E-state index in [0.29, 0.717) is 17.8 Å². The van der Waals surface area contributed by atoms with Crippen molar-refractivity contribution in [3.63, 3.8) is 0 Å². The van der Waals surface area contributed by atoms with Crippen LogP contribution in [0, 0.1) is 0 Å². The molecule has 2 N–H and O–H groups in total. The van der Waals surface area contributed by atoms with Gasteiger partial charge in [0.1, 0.15) is 0 Å². The van der Waals surface area contributed by atoms with Crippen LogP contribution in [0.25, 0.3) is 0 Å². The summed E-state index contributed by atoms with van der Waals surface area (Å²) in [5, 5.41) is 10.9. The van der Waals surface area contributed by atoms with Crippen LogP contribution in [0.15, 0.2) is 24.3 Å². The van der Waals surface area contributed by atoms with E-state index in [1.165, 1.54) is 4.31 Å². The van der Waals surface area contributed by atoms with Gasteiger partial charge in [-0.1, -0.05) is 31.5 Å². The van der Waals surface area contributed by atoms with Gasteiger partial charge in [0.15, 0.2) is 0 Å². The van der Waals surface area contributed by atoms with Gasteiger partial charge >= 0.3 is 6.09 Å². The van der Waals surface area contributed by atoms with Gasteiger partial charge in [0.25, 0.3) is 0 Å². The lowest BCUT2D eigenvalue weighted by Crippen LogP contribution is -2.32. The first-order valence-electron chi connectivity index (χ1n) is 6.38. The largest absolute Gasteiger partial charge is 0.465 e.